The minimum absolute atomic E-state index is 0.0115. The zero-order chi connectivity index (χ0) is 16.4. The second-order valence-electron chi connectivity index (χ2n) is 5.52. The van der Waals surface area contributed by atoms with E-state index in [1.165, 1.54) is 12.1 Å². The van der Waals surface area contributed by atoms with Gasteiger partial charge in [-0.15, -0.1) is 0 Å². The third-order valence-corrected chi connectivity index (χ3v) is 3.71. The molecule has 0 spiro atoms. The lowest BCUT2D eigenvalue weighted by Crippen LogP contribution is -2.14. The van der Waals surface area contributed by atoms with Gasteiger partial charge in [-0.1, -0.05) is 12.1 Å². The van der Waals surface area contributed by atoms with Crippen LogP contribution in [-0.4, -0.2) is 11.7 Å². The highest BCUT2D eigenvalue weighted by atomic mass is 16.7. The van der Waals surface area contributed by atoms with E-state index >= 15 is 0 Å². The third kappa shape index (κ3) is 3.27. The van der Waals surface area contributed by atoms with Crippen molar-refractivity contribution in [1.82, 2.24) is 0 Å². The molecular weight excluding hydrogens is 298 g/mol. The molecule has 0 saturated carbocycles. The first kappa shape index (κ1) is 15.3. The van der Waals surface area contributed by atoms with Crippen LogP contribution in [0.4, 0.5) is 5.69 Å². The Labute approximate surface area is 133 Å². The Morgan fingerprint density at radius 1 is 1.26 bits per heavy atom. The molecule has 1 aliphatic rings. The van der Waals surface area contributed by atoms with Gasteiger partial charge in [-0.05, 0) is 31.0 Å². The highest BCUT2D eigenvalue weighted by Crippen LogP contribution is 2.33. The summed E-state index contributed by atoms with van der Waals surface area (Å²) in [5, 5.41) is 11.1. The van der Waals surface area contributed by atoms with Crippen LogP contribution in [0.2, 0.25) is 0 Å². The van der Waals surface area contributed by atoms with E-state index in [0.29, 0.717) is 23.5 Å². The van der Waals surface area contributed by atoms with Gasteiger partial charge in [-0.25, -0.2) is 0 Å². The molecule has 23 heavy (non-hydrogen) atoms. The van der Waals surface area contributed by atoms with Crippen molar-refractivity contribution in [3.8, 4) is 11.5 Å². The van der Waals surface area contributed by atoms with Crippen LogP contribution >= 0.6 is 0 Å². The van der Waals surface area contributed by atoms with Crippen molar-refractivity contribution in [2.75, 3.05) is 6.79 Å². The number of aryl methyl sites for hydroxylation is 2. The van der Waals surface area contributed by atoms with Crippen LogP contribution in [0.25, 0.3) is 0 Å². The second-order valence-corrected chi connectivity index (χ2v) is 5.52. The van der Waals surface area contributed by atoms with E-state index in [4.69, 9.17) is 14.2 Å². The predicted octanol–water partition coefficient (Wildman–Crippen LogP) is 3.66. The maximum absolute atomic E-state index is 11.1. The van der Waals surface area contributed by atoms with Crippen LogP contribution in [-0.2, 0) is 18.0 Å². The van der Waals surface area contributed by atoms with Crippen LogP contribution in [0.5, 0.6) is 11.5 Å². The second kappa shape index (κ2) is 6.26. The monoisotopic (exact) mass is 315 g/mol. The number of fused-ring (bicyclic) bond motifs is 1. The Balaban J connectivity index is 1.91. The van der Waals surface area contributed by atoms with Crippen LogP contribution in [0.3, 0.4) is 0 Å². The van der Waals surface area contributed by atoms with Crippen molar-refractivity contribution in [3.05, 3.63) is 62.7 Å². The summed E-state index contributed by atoms with van der Waals surface area (Å²) in [7, 11) is 0. The maximum atomic E-state index is 11.1. The number of hydrogen-bond donors (Lipinski definition) is 0. The fourth-order valence-electron chi connectivity index (χ4n) is 2.51. The lowest BCUT2D eigenvalue weighted by atomic mass is 10.1. The van der Waals surface area contributed by atoms with Crippen molar-refractivity contribution in [1.29, 1.82) is 0 Å². The third-order valence-electron chi connectivity index (χ3n) is 3.71. The van der Waals surface area contributed by atoms with Gasteiger partial charge in [0.2, 0.25) is 0 Å². The Morgan fingerprint density at radius 3 is 2.87 bits per heavy atom. The average Bonchev–Trinajstić information content (AvgIpc) is 2.55. The van der Waals surface area contributed by atoms with Crippen molar-refractivity contribution < 1.29 is 19.1 Å². The van der Waals surface area contributed by atoms with Gasteiger partial charge in [-0.2, -0.15) is 0 Å². The lowest BCUT2D eigenvalue weighted by molar-refractivity contribution is -0.385. The van der Waals surface area contributed by atoms with Crippen LogP contribution < -0.4 is 9.47 Å². The molecule has 120 valence electrons. The number of benzene rings is 2. The number of non-ortho nitro benzene ring substituents is 1. The number of nitrogens with zero attached hydrogens (tertiary/aromatic N) is 1. The predicted molar refractivity (Wildman–Crippen MR) is 83.6 cm³/mol. The van der Waals surface area contributed by atoms with Crippen LogP contribution in [0, 0.1) is 24.0 Å². The molecule has 2 aromatic rings. The quantitative estimate of drug-likeness (QED) is 0.636. The van der Waals surface area contributed by atoms with E-state index in [2.05, 4.69) is 0 Å². The highest BCUT2D eigenvalue weighted by molar-refractivity contribution is 5.50. The summed E-state index contributed by atoms with van der Waals surface area (Å²) in [6.45, 7) is 4.59. The standard InChI is InChI=1S/C17H17NO5/c1-11-3-4-12(2)16(5-11)22-9-14-7-15(18(19)20)6-13-8-21-10-23-17(13)14/h3-7H,8-10H2,1-2H3. The fraction of sp³-hybridized carbons (Fsp3) is 0.294. The lowest BCUT2D eigenvalue weighted by Gasteiger charge is -2.21. The number of nitro benzene ring substituents is 1. The molecule has 6 heteroatoms. The zero-order valence-corrected chi connectivity index (χ0v) is 13.0. The molecule has 0 bridgehead atoms. The van der Waals surface area contributed by atoms with E-state index in [1.807, 2.05) is 32.0 Å². The molecule has 0 fully saturated rings. The summed E-state index contributed by atoms with van der Waals surface area (Å²) in [5.41, 5.74) is 3.44. The normalized spacial score (nSPS) is 13.1. The van der Waals surface area contributed by atoms with Gasteiger partial charge in [0.15, 0.2) is 6.79 Å². The van der Waals surface area contributed by atoms with Crippen LogP contribution in [0.15, 0.2) is 30.3 Å². The number of hydrogen-bond acceptors (Lipinski definition) is 5. The van der Waals surface area contributed by atoms with Crippen molar-refractivity contribution in [2.24, 2.45) is 0 Å². The molecule has 3 rings (SSSR count). The van der Waals surface area contributed by atoms with Gasteiger partial charge >= 0.3 is 0 Å². The first-order valence-corrected chi connectivity index (χ1v) is 7.25. The highest BCUT2D eigenvalue weighted by Gasteiger charge is 2.21. The fourth-order valence-corrected chi connectivity index (χ4v) is 2.51. The first-order chi connectivity index (χ1) is 11.0. The zero-order valence-electron chi connectivity index (χ0n) is 13.0. The molecule has 0 N–H and O–H groups in total. The summed E-state index contributed by atoms with van der Waals surface area (Å²) >= 11 is 0. The van der Waals surface area contributed by atoms with E-state index in [9.17, 15) is 10.1 Å². The molecular formula is C17H17NO5. The maximum Gasteiger partial charge on any atom is 0.270 e. The van der Waals surface area contributed by atoms with Gasteiger partial charge in [0.25, 0.3) is 5.69 Å². The topological polar surface area (TPSA) is 70.8 Å². The minimum atomic E-state index is -0.420. The van der Waals surface area contributed by atoms with Crippen molar-refractivity contribution in [3.63, 3.8) is 0 Å². The molecule has 0 saturated heterocycles. The Hall–Kier alpha value is -2.60. The minimum Gasteiger partial charge on any atom is -0.488 e. The van der Waals surface area contributed by atoms with Gasteiger partial charge in [-0.3, -0.25) is 10.1 Å². The Morgan fingerprint density at radius 2 is 2.09 bits per heavy atom. The first-order valence-electron chi connectivity index (χ1n) is 7.25. The average molecular weight is 315 g/mol. The van der Waals surface area contributed by atoms with Crippen molar-refractivity contribution in [2.45, 2.75) is 27.1 Å². The summed E-state index contributed by atoms with van der Waals surface area (Å²) < 4.78 is 16.6. The molecule has 1 heterocycles. The molecule has 2 aromatic carbocycles. The van der Waals surface area contributed by atoms with Crippen molar-refractivity contribution >= 4 is 5.69 Å². The number of ether oxygens (including phenoxy) is 3. The molecule has 0 atom stereocenters. The van der Waals surface area contributed by atoms with Gasteiger partial charge in [0.05, 0.1) is 11.5 Å². The summed E-state index contributed by atoms with van der Waals surface area (Å²) in [6.07, 6.45) is 0. The summed E-state index contributed by atoms with van der Waals surface area (Å²) in [4.78, 5) is 10.7. The molecule has 0 radical (unpaired) electrons. The van der Waals surface area contributed by atoms with Crippen LogP contribution in [0.1, 0.15) is 22.3 Å². The molecule has 1 aliphatic heterocycles. The molecule has 6 nitrogen and oxygen atoms in total. The number of rotatable bonds is 4. The molecule has 0 amide bonds. The largest absolute Gasteiger partial charge is 0.488 e. The summed E-state index contributed by atoms with van der Waals surface area (Å²) in [6, 6.07) is 8.92. The smallest absolute Gasteiger partial charge is 0.270 e. The van der Waals surface area contributed by atoms with Gasteiger partial charge in [0.1, 0.15) is 18.1 Å². The Bertz CT molecular complexity index is 757. The van der Waals surface area contributed by atoms with E-state index in [-0.39, 0.29) is 19.1 Å². The number of nitro groups is 1. The van der Waals surface area contributed by atoms with E-state index in [1.54, 1.807) is 0 Å². The molecule has 0 aromatic heterocycles. The van der Waals surface area contributed by atoms with Gasteiger partial charge in [0, 0.05) is 23.3 Å². The molecule has 0 aliphatic carbocycles. The summed E-state index contributed by atoms with van der Waals surface area (Å²) in [5.74, 6) is 1.38. The van der Waals surface area contributed by atoms with E-state index < -0.39 is 4.92 Å². The van der Waals surface area contributed by atoms with E-state index in [0.717, 1.165) is 16.9 Å². The molecule has 0 unspecified atom stereocenters. The van der Waals surface area contributed by atoms with Gasteiger partial charge < -0.3 is 14.2 Å². The SMILES string of the molecule is Cc1ccc(C)c(OCc2cc([N+](=O)[O-])cc3c2OCOC3)c1. The Kier molecular flexibility index (Phi) is 4.16.